The van der Waals surface area contributed by atoms with E-state index in [9.17, 15) is 9.59 Å². The lowest BCUT2D eigenvalue weighted by Gasteiger charge is -2.32. The van der Waals surface area contributed by atoms with Crippen molar-refractivity contribution in [3.05, 3.63) is 73.9 Å². The number of rotatable bonds is 2. The molecule has 2 aliphatic rings. The zero-order valence-corrected chi connectivity index (χ0v) is 16.5. The molecule has 0 bridgehead atoms. The van der Waals surface area contributed by atoms with Crippen molar-refractivity contribution in [1.29, 1.82) is 0 Å². The first-order chi connectivity index (χ1) is 12.9. The topological polar surface area (TPSA) is 46.6 Å². The lowest BCUT2D eigenvalue weighted by Crippen LogP contribution is -2.37. The summed E-state index contributed by atoms with van der Waals surface area (Å²) in [5.74, 6) is -1.10. The molecule has 0 aliphatic carbocycles. The predicted octanol–water partition coefficient (Wildman–Crippen LogP) is 5.29. The van der Waals surface area contributed by atoms with Gasteiger partial charge in [0.1, 0.15) is 6.61 Å². The van der Waals surface area contributed by atoms with Crippen LogP contribution in [-0.2, 0) is 14.3 Å². The molecule has 1 atom stereocenters. The average molecular weight is 423 g/mol. The van der Waals surface area contributed by atoms with Crippen molar-refractivity contribution in [2.75, 3.05) is 11.5 Å². The van der Waals surface area contributed by atoms with Gasteiger partial charge >= 0.3 is 5.97 Å². The fourth-order valence-electron chi connectivity index (χ4n) is 3.53. The molecule has 4 rings (SSSR count). The van der Waals surface area contributed by atoms with Crippen LogP contribution in [0.25, 0.3) is 0 Å². The highest BCUT2D eigenvalue weighted by molar-refractivity contribution is 6.42. The maximum atomic E-state index is 13.0. The van der Waals surface area contributed by atoms with Gasteiger partial charge in [0.25, 0.3) is 0 Å². The summed E-state index contributed by atoms with van der Waals surface area (Å²) in [6.07, 6.45) is 0.0828. The van der Waals surface area contributed by atoms with E-state index in [0.29, 0.717) is 37.6 Å². The van der Waals surface area contributed by atoms with Crippen LogP contribution in [0.3, 0.4) is 0 Å². The highest BCUT2D eigenvalue weighted by Gasteiger charge is 2.43. The molecule has 0 saturated heterocycles. The number of carbonyl (C=O) groups excluding carboxylic acids is 2. The Morgan fingerprint density at radius 3 is 2.59 bits per heavy atom. The van der Waals surface area contributed by atoms with Gasteiger partial charge in [0.05, 0.1) is 27.0 Å². The van der Waals surface area contributed by atoms with Gasteiger partial charge in [0.2, 0.25) is 5.91 Å². The van der Waals surface area contributed by atoms with Crippen LogP contribution in [0.1, 0.15) is 23.5 Å². The molecule has 2 aromatic rings. The molecule has 0 N–H and O–H groups in total. The zero-order chi connectivity index (χ0) is 19.3. The van der Waals surface area contributed by atoms with Crippen molar-refractivity contribution in [2.24, 2.45) is 0 Å². The lowest BCUT2D eigenvalue weighted by atomic mass is 9.84. The number of nitrogens with zero attached hydrogens (tertiary/aromatic N) is 1. The van der Waals surface area contributed by atoms with E-state index in [0.717, 1.165) is 5.56 Å². The SMILES string of the molecule is Cc1ccc(N2C(=O)CC(c3cccc(Cl)c3Cl)C3=C2COC3=O)cc1Cl. The largest absolute Gasteiger partial charge is 0.456 e. The number of halogens is 3. The van der Waals surface area contributed by atoms with E-state index in [1.54, 1.807) is 30.3 Å². The van der Waals surface area contributed by atoms with Crippen LogP contribution in [0.15, 0.2) is 47.7 Å². The molecule has 1 amide bonds. The quantitative estimate of drug-likeness (QED) is 0.618. The third-order valence-corrected chi connectivity index (χ3v) is 6.13. The summed E-state index contributed by atoms with van der Waals surface area (Å²) in [4.78, 5) is 27.0. The standard InChI is InChI=1S/C20H14Cl3NO3/c1-10-5-6-11(7-15(10)22)24-16-9-27-20(26)18(16)13(8-17(24)25)12-3-2-4-14(21)19(12)23/h2-7,13H,8-9H2,1H3. The van der Waals surface area contributed by atoms with Gasteiger partial charge < -0.3 is 4.74 Å². The number of anilines is 1. The number of hydrogen-bond acceptors (Lipinski definition) is 3. The van der Waals surface area contributed by atoms with E-state index in [1.807, 2.05) is 13.0 Å². The summed E-state index contributed by atoms with van der Waals surface area (Å²) in [6, 6.07) is 10.6. The Bertz CT molecular complexity index is 1020. The van der Waals surface area contributed by atoms with E-state index in [2.05, 4.69) is 0 Å². The highest BCUT2D eigenvalue weighted by atomic mass is 35.5. The first-order valence-electron chi connectivity index (χ1n) is 8.31. The highest BCUT2D eigenvalue weighted by Crippen LogP contribution is 2.45. The van der Waals surface area contributed by atoms with Crippen molar-refractivity contribution in [1.82, 2.24) is 0 Å². The smallest absolute Gasteiger partial charge is 0.336 e. The first kappa shape index (κ1) is 18.4. The number of aryl methyl sites for hydroxylation is 1. The molecule has 7 heteroatoms. The Morgan fingerprint density at radius 1 is 1.07 bits per heavy atom. The molecule has 0 saturated carbocycles. The van der Waals surface area contributed by atoms with E-state index in [-0.39, 0.29) is 18.9 Å². The molecule has 2 heterocycles. The molecule has 4 nitrogen and oxygen atoms in total. The van der Waals surface area contributed by atoms with E-state index >= 15 is 0 Å². The summed E-state index contributed by atoms with van der Waals surface area (Å²) in [6.45, 7) is 1.91. The number of amides is 1. The summed E-state index contributed by atoms with van der Waals surface area (Å²) < 4.78 is 5.26. The molecular weight excluding hydrogens is 409 g/mol. The summed E-state index contributed by atoms with van der Waals surface area (Å²) in [5, 5.41) is 1.27. The summed E-state index contributed by atoms with van der Waals surface area (Å²) >= 11 is 18.7. The van der Waals surface area contributed by atoms with Crippen molar-refractivity contribution in [3.63, 3.8) is 0 Å². The van der Waals surface area contributed by atoms with Crippen LogP contribution in [0.5, 0.6) is 0 Å². The minimum Gasteiger partial charge on any atom is -0.456 e. The van der Waals surface area contributed by atoms with Gasteiger partial charge in [-0.25, -0.2) is 4.79 Å². The lowest BCUT2D eigenvalue weighted by molar-refractivity contribution is -0.136. The average Bonchev–Trinajstić information content (AvgIpc) is 3.01. The van der Waals surface area contributed by atoms with Crippen LogP contribution in [0.2, 0.25) is 15.1 Å². The second-order valence-electron chi connectivity index (χ2n) is 6.50. The number of carbonyl (C=O) groups is 2. The molecule has 0 aromatic heterocycles. The van der Waals surface area contributed by atoms with Gasteiger partial charge in [-0.3, -0.25) is 9.69 Å². The van der Waals surface area contributed by atoms with Gasteiger partial charge in [0.15, 0.2) is 0 Å². The fourth-order valence-corrected chi connectivity index (χ4v) is 4.14. The van der Waals surface area contributed by atoms with E-state index in [1.165, 1.54) is 4.90 Å². The maximum Gasteiger partial charge on any atom is 0.336 e. The minimum absolute atomic E-state index is 0.0279. The summed E-state index contributed by atoms with van der Waals surface area (Å²) in [5.41, 5.74) is 3.12. The number of hydrogen-bond donors (Lipinski definition) is 0. The second-order valence-corrected chi connectivity index (χ2v) is 7.69. The third kappa shape index (κ3) is 3.02. The van der Waals surface area contributed by atoms with Crippen molar-refractivity contribution in [3.8, 4) is 0 Å². The second kappa shape index (κ2) is 6.86. The maximum absolute atomic E-state index is 13.0. The molecule has 0 fully saturated rings. The molecule has 0 radical (unpaired) electrons. The van der Waals surface area contributed by atoms with Crippen LogP contribution in [0, 0.1) is 6.92 Å². The van der Waals surface area contributed by atoms with Gasteiger partial charge in [-0.2, -0.15) is 0 Å². The molecule has 1 unspecified atom stereocenters. The molecule has 27 heavy (non-hydrogen) atoms. The molecule has 2 aromatic carbocycles. The number of benzene rings is 2. The van der Waals surface area contributed by atoms with Gasteiger partial charge in [0, 0.05) is 17.4 Å². The van der Waals surface area contributed by atoms with Crippen LogP contribution in [0.4, 0.5) is 5.69 Å². The predicted molar refractivity (Wildman–Crippen MR) is 105 cm³/mol. The monoisotopic (exact) mass is 421 g/mol. The van der Waals surface area contributed by atoms with Crippen molar-refractivity contribution < 1.29 is 14.3 Å². The van der Waals surface area contributed by atoms with E-state index < -0.39 is 11.9 Å². The first-order valence-corrected chi connectivity index (χ1v) is 9.45. The fraction of sp³-hybridized carbons (Fsp3) is 0.200. The number of esters is 1. The Hall–Kier alpha value is -2.01. The Labute approximate surface area is 171 Å². The molecule has 2 aliphatic heterocycles. The Morgan fingerprint density at radius 2 is 1.85 bits per heavy atom. The van der Waals surface area contributed by atoms with E-state index in [4.69, 9.17) is 39.5 Å². The number of ether oxygens (including phenoxy) is 1. The van der Waals surface area contributed by atoms with Crippen LogP contribution < -0.4 is 4.90 Å². The molecule has 0 spiro atoms. The molecule has 138 valence electrons. The third-order valence-electron chi connectivity index (χ3n) is 4.89. The van der Waals surface area contributed by atoms with Crippen LogP contribution in [-0.4, -0.2) is 18.5 Å². The Kier molecular flexibility index (Phi) is 4.66. The van der Waals surface area contributed by atoms with Gasteiger partial charge in [-0.05, 0) is 36.2 Å². The Balaban J connectivity index is 1.86. The van der Waals surface area contributed by atoms with Gasteiger partial charge in [-0.15, -0.1) is 0 Å². The van der Waals surface area contributed by atoms with Crippen LogP contribution >= 0.6 is 34.8 Å². The zero-order valence-electron chi connectivity index (χ0n) is 14.3. The van der Waals surface area contributed by atoms with Crippen molar-refractivity contribution in [2.45, 2.75) is 19.3 Å². The van der Waals surface area contributed by atoms with Crippen molar-refractivity contribution >= 4 is 52.4 Å². The summed E-state index contributed by atoms with van der Waals surface area (Å²) in [7, 11) is 0. The minimum atomic E-state index is -0.495. The number of cyclic esters (lactones) is 1. The van der Waals surface area contributed by atoms with Gasteiger partial charge in [-0.1, -0.05) is 53.0 Å². The normalized spacial score (nSPS) is 19.4. The molecular formula is C20H14Cl3NO3.